The van der Waals surface area contributed by atoms with Crippen LogP contribution in [0.1, 0.15) is 12.8 Å². The summed E-state index contributed by atoms with van der Waals surface area (Å²) in [5.41, 5.74) is -0.364. The molecule has 1 aliphatic heterocycles. The molecule has 0 aromatic heterocycles. The highest BCUT2D eigenvalue weighted by Gasteiger charge is 2.60. The van der Waals surface area contributed by atoms with E-state index in [1.165, 1.54) is 0 Å². The highest BCUT2D eigenvalue weighted by molar-refractivity contribution is 5.73. The monoisotopic (exact) mass is 130 g/mol. The lowest BCUT2D eigenvalue weighted by molar-refractivity contribution is -0.137. The van der Waals surface area contributed by atoms with E-state index in [0.29, 0.717) is 19.4 Å². The molecule has 9 heavy (non-hydrogen) atoms. The first kappa shape index (κ1) is 5.21. The minimum Gasteiger partial charge on any atom is -0.465 e. The number of cyclic esters (lactones) is 1. The largest absolute Gasteiger partial charge is 0.465 e. The van der Waals surface area contributed by atoms with Gasteiger partial charge in [0, 0.05) is 5.41 Å². The number of carbonyl (C=O) groups excluding carboxylic acids is 1. The number of ether oxygens (including phenoxy) is 1. The molecular formula is C6H7FO2. The maximum atomic E-state index is 12.4. The Kier molecular flexibility index (Phi) is 0.739. The molecule has 0 radical (unpaired) electrons. The van der Waals surface area contributed by atoms with Crippen molar-refractivity contribution in [3.8, 4) is 0 Å². The number of esters is 1. The SMILES string of the molecule is O=C1CC2(CO1)CC2F. The average molecular weight is 130 g/mol. The maximum absolute atomic E-state index is 12.4. The van der Waals surface area contributed by atoms with Gasteiger partial charge in [0.25, 0.3) is 0 Å². The number of carbonyl (C=O) groups is 1. The van der Waals surface area contributed by atoms with Gasteiger partial charge in [-0.3, -0.25) is 4.79 Å². The molecule has 0 amide bonds. The smallest absolute Gasteiger partial charge is 0.306 e. The standard InChI is InChI=1S/C6H7FO2/c7-4-1-6(4)2-5(8)9-3-6/h4H,1-3H2. The van der Waals surface area contributed by atoms with Gasteiger partial charge >= 0.3 is 5.97 Å². The van der Waals surface area contributed by atoms with Gasteiger partial charge in [-0.15, -0.1) is 0 Å². The molecule has 2 unspecified atom stereocenters. The molecule has 50 valence electrons. The van der Waals surface area contributed by atoms with Crippen LogP contribution in [-0.4, -0.2) is 18.7 Å². The molecule has 2 fully saturated rings. The first-order valence-corrected chi connectivity index (χ1v) is 3.03. The Bertz CT molecular complexity index is 168. The summed E-state index contributed by atoms with van der Waals surface area (Å²) in [6.07, 6.45) is 0.0522. The number of hydrogen-bond donors (Lipinski definition) is 0. The summed E-state index contributed by atoms with van der Waals surface area (Å²) in [7, 11) is 0. The lowest BCUT2D eigenvalue weighted by atomic mass is 10.1. The highest BCUT2D eigenvalue weighted by atomic mass is 19.1. The molecule has 2 rings (SSSR count). The summed E-state index contributed by atoms with van der Waals surface area (Å²) in [6, 6.07) is 0. The highest BCUT2D eigenvalue weighted by Crippen LogP contribution is 2.54. The molecule has 0 aromatic carbocycles. The van der Waals surface area contributed by atoms with Crippen molar-refractivity contribution in [2.75, 3.05) is 6.61 Å². The van der Waals surface area contributed by atoms with Crippen molar-refractivity contribution in [3.63, 3.8) is 0 Å². The zero-order valence-electron chi connectivity index (χ0n) is 4.89. The van der Waals surface area contributed by atoms with Crippen molar-refractivity contribution in [1.29, 1.82) is 0 Å². The van der Waals surface area contributed by atoms with Gasteiger partial charge in [-0.2, -0.15) is 0 Å². The summed E-state index contributed by atoms with van der Waals surface area (Å²) in [5.74, 6) is -0.241. The Morgan fingerprint density at radius 2 is 2.44 bits per heavy atom. The first-order valence-electron chi connectivity index (χ1n) is 3.03. The molecule has 1 heterocycles. The Labute approximate surface area is 52.0 Å². The predicted octanol–water partition coefficient (Wildman–Crippen LogP) is 0.662. The Morgan fingerprint density at radius 3 is 2.67 bits per heavy atom. The first-order chi connectivity index (χ1) is 4.23. The maximum Gasteiger partial charge on any atom is 0.306 e. The van der Waals surface area contributed by atoms with Crippen LogP contribution < -0.4 is 0 Å². The van der Waals surface area contributed by atoms with E-state index in [4.69, 9.17) is 0 Å². The minimum absolute atomic E-state index is 0.241. The number of hydrogen-bond acceptors (Lipinski definition) is 2. The van der Waals surface area contributed by atoms with Gasteiger partial charge in [0.1, 0.15) is 12.8 Å². The van der Waals surface area contributed by atoms with Crippen LogP contribution in [0.2, 0.25) is 0 Å². The number of alkyl halides is 1. The van der Waals surface area contributed by atoms with E-state index in [1.54, 1.807) is 0 Å². The second kappa shape index (κ2) is 1.28. The number of halogens is 1. The van der Waals surface area contributed by atoms with Crippen molar-refractivity contribution in [1.82, 2.24) is 0 Å². The second-order valence-corrected chi connectivity index (χ2v) is 2.87. The summed E-state index contributed by atoms with van der Waals surface area (Å²) in [4.78, 5) is 10.5. The molecule has 2 atom stereocenters. The molecule has 3 heteroatoms. The molecule has 0 N–H and O–H groups in total. The van der Waals surface area contributed by atoms with Crippen LogP contribution in [0.25, 0.3) is 0 Å². The molecule has 0 aromatic rings. The molecule has 1 aliphatic carbocycles. The van der Waals surface area contributed by atoms with Crippen LogP contribution in [0.4, 0.5) is 4.39 Å². The van der Waals surface area contributed by atoms with E-state index in [-0.39, 0.29) is 11.4 Å². The predicted molar refractivity (Wildman–Crippen MR) is 27.5 cm³/mol. The van der Waals surface area contributed by atoms with E-state index in [1.807, 2.05) is 0 Å². The van der Waals surface area contributed by atoms with E-state index in [9.17, 15) is 9.18 Å². The third kappa shape index (κ3) is 0.573. The van der Waals surface area contributed by atoms with Crippen LogP contribution in [0, 0.1) is 5.41 Å². The molecule has 1 spiro atoms. The van der Waals surface area contributed by atoms with E-state index in [2.05, 4.69) is 4.74 Å². The van der Waals surface area contributed by atoms with Crippen LogP contribution in [0.5, 0.6) is 0 Å². The topological polar surface area (TPSA) is 26.3 Å². The molecule has 1 saturated carbocycles. The molecule has 1 saturated heterocycles. The van der Waals surface area contributed by atoms with Crippen LogP contribution in [0.3, 0.4) is 0 Å². The summed E-state index contributed by atoms with van der Waals surface area (Å²) in [6.45, 7) is 0.312. The van der Waals surface area contributed by atoms with Crippen molar-refractivity contribution in [2.45, 2.75) is 19.0 Å². The third-order valence-corrected chi connectivity index (χ3v) is 2.11. The average Bonchev–Trinajstić information content (AvgIpc) is 2.17. The normalized spacial score (nSPS) is 47.7. The van der Waals surface area contributed by atoms with Crippen LogP contribution in [0.15, 0.2) is 0 Å². The molecular weight excluding hydrogens is 123 g/mol. The Hall–Kier alpha value is -0.600. The number of rotatable bonds is 0. The summed E-state index contributed by atoms with van der Waals surface area (Å²) < 4.78 is 17.0. The molecule has 2 nitrogen and oxygen atoms in total. The van der Waals surface area contributed by atoms with Gasteiger partial charge < -0.3 is 4.74 Å². The molecule has 2 aliphatic rings. The summed E-state index contributed by atoms with van der Waals surface area (Å²) in [5, 5.41) is 0. The van der Waals surface area contributed by atoms with Gasteiger partial charge in [0.2, 0.25) is 0 Å². The Morgan fingerprint density at radius 1 is 1.78 bits per heavy atom. The third-order valence-electron chi connectivity index (χ3n) is 2.11. The second-order valence-electron chi connectivity index (χ2n) is 2.87. The fourth-order valence-electron chi connectivity index (χ4n) is 1.24. The fourth-order valence-corrected chi connectivity index (χ4v) is 1.24. The fraction of sp³-hybridized carbons (Fsp3) is 0.833. The molecule has 0 bridgehead atoms. The van der Waals surface area contributed by atoms with Crippen LogP contribution in [-0.2, 0) is 9.53 Å². The van der Waals surface area contributed by atoms with Crippen molar-refractivity contribution in [2.24, 2.45) is 5.41 Å². The Balaban J connectivity index is 2.11. The lowest BCUT2D eigenvalue weighted by Gasteiger charge is -1.94. The van der Waals surface area contributed by atoms with Crippen molar-refractivity contribution >= 4 is 5.97 Å². The van der Waals surface area contributed by atoms with E-state index < -0.39 is 6.17 Å². The zero-order valence-corrected chi connectivity index (χ0v) is 4.89. The van der Waals surface area contributed by atoms with Gasteiger partial charge in [-0.1, -0.05) is 0 Å². The van der Waals surface area contributed by atoms with Gasteiger partial charge in [0.15, 0.2) is 0 Å². The quantitative estimate of drug-likeness (QED) is 0.450. The summed E-state index contributed by atoms with van der Waals surface area (Å²) >= 11 is 0. The van der Waals surface area contributed by atoms with Crippen LogP contribution >= 0.6 is 0 Å². The lowest BCUT2D eigenvalue weighted by Crippen LogP contribution is -2.02. The van der Waals surface area contributed by atoms with E-state index in [0.717, 1.165) is 0 Å². The van der Waals surface area contributed by atoms with Gasteiger partial charge in [-0.25, -0.2) is 4.39 Å². The minimum atomic E-state index is -0.774. The van der Waals surface area contributed by atoms with Gasteiger partial charge in [-0.05, 0) is 6.42 Å². The van der Waals surface area contributed by atoms with Crippen molar-refractivity contribution in [3.05, 3.63) is 0 Å². The van der Waals surface area contributed by atoms with E-state index >= 15 is 0 Å². The van der Waals surface area contributed by atoms with Gasteiger partial charge in [0.05, 0.1) is 6.42 Å². The zero-order chi connectivity index (χ0) is 6.48. The van der Waals surface area contributed by atoms with Crippen molar-refractivity contribution < 1.29 is 13.9 Å².